The first-order chi connectivity index (χ1) is 13.2. The van der Waals surface area contributed by atoms with Crippen LogP contribution in [0.2, 0.25) is 0 Å². The number of nitrogens with zero attached hydrogens (tertiary/aromatic N) is 3. The van der Waals surface area contributed by atoms with E-state index < -0.39 is 0 Å². The Labute approximate surface area is 157 Å². The molecular formula is C20H22N4O3. The zero-order valence-corrected chi connectivity index (χ0v) is 15.4. The summed E-state index contributed by atoms with van der Waals surface area (Å²) in [7, 11) is 1.62. The van der Waals surface area contributed by atoms with Crippen molar-refractivity contribution in [2.24, 2.45) is 0 Å². The molecule has 1 atom stereocenters. The van der Waals surface area contributed by atoms with E-state index in [1.165, 1.54) is 0 Å². The molecule has 1 saturated heterocycles. The summed E-state index contributed by atoms with van der Waals surface area (Å²) in [6.45, 7) is 2.56. The minimum Gasteiger partial charge on any atom is -0.497 e. The van der Waals surface area contributed by atoms with E-state index in [2.05, 4.69) is 15.4 Å². The number of hydrogen-bond acceptors (Lipinski definition) is 5. The van der Waals surface area contributed by atoms with Crippen LogP contribution in [0.1, 0.15) is 47.1 Å². The lowest BCUT2D eigenvalue weighted by Crippen LogP contribution is -2.38. The Morgan fingerprint density at radius 1 is 1.33 bits per heavy atom. The summed E-state index contributed by atoms with van der Waals surface area (Å²) in [4.78, 5) is 15.3. The summed E-state index contributed by atoms with van der Waals surface area (Å²) in [5.41, 5.74) is 2.92. The summed E-state index contributed by atoms with van der Waals surface area (Å²) < 4.78 is 10.5. The molecule has 1 fully saturated rings. The van der Waals surface area contributed by atoms with Crippen LogP contribution in [0.3, 0.4) is 0 Å². The summed E-state index contributed by atoms with van der Waals surface area (Å²) in [6.07, 6.45) is 4.51. The van der Waals surface area contributed by atoms with Crippen molar-refractivity contribution < 1.29 is 14.1 Å². The van der Waals surface area contributed by atoms with Gasteiger partial charge in [-0.3, -0.25) is 9.89 Å². The van der Waals surface area contributed by atoms with Gasteiger partial charge in [-0.25, -0.2) is 0 Å². The number of aromatic amines is 1. The number of aryl methyl sites for hydroxylation is 1. The molecule has 0 spiro atoms. The maximum absolute atomic E-state index is 13.4. The molecule has 1 aromatic carbocycles. The second kappa shape index (κ2) is 7.26. The fourth-order valence-corrected chi connectivity index (χ4v) is 3.63. The highest BCUT2D eigenvalue weighted by Gasteiger charge is 2.32. The topological polar surface area (TPSA) is 84.2 Å². The lowest BCUT2D eigenvalue weighted by atomic mass is 9.97. The molecule has 27 heavy (non-hydrogen) atoms. The van der Waals surface area contributed by atoms with Crippen molar-refractivity contribution in [3.05, 3.63) is 53.5 Å². The number of hydrogen-bond donors (Lipinski definition) is 1. The zero-order valence-electron chi connectivity index (χ0n) is 15.4. The van der Waals surface area contributed by atoms with Gasteiger partial charge in [0.05, 0.1) is 30.6 Å². The van der Waals surface area contributed by atoms with Gasteiger partial charge in [0.25, 0.3) is 5.91 Å². The third kappa shape index (κ3) is 3.32. The molecule has 0 aliphatic carbocycles. The molecule has 1 aliphatic rings. The van der Waals surface area contributed by atoms with Crippen molar-refractivity contribution in [2.75, 3.05) is 13.7 Å². The SMILES string of the molecule is COc1cccc(-c2[nH]ncc2C(=O)N2CCCCC2c2cc(C)on2)c1. The summed E-state index contributed by atoms with van der Waals surface area (Å²) in [5, 5.41) is 11.2. The van der Waals surface area contributed by atoms with Gasteiger partial charge in [0.2, 0.25) is 0 Å². The second-order valence-corrected chi connectivity index (χ2v) is 6.76. The molecule has 1 unspecified atom stereocenters. The first-order valence-electron chi connectivity index (χ1n) is 9.09. The Morgan fingerprint density at radius 3 is 3.00 bits per heavy atom. The van der Waals surface area contributed by atoms with Crippen molar-refractivity contribution in [3.63, 3.8) is 0 Å². The molecule has 1 aliphatic heterocycles. The fraction of sp³-hybridized carbons (Fsp3) is 0.350. The van der Waals surface area contributed by atoms with Gasteiger partial charge in [-0.1, -0.05) is 17.3 Å². The minimum atomic E-state index is -0.0724. The van der Waals surface area contributed by atoms with Gasteiger partial charge in [-0.15, -0.1) is 0 Å². The Bertz CT molecular complexity index is 946. The van der Waals surface area contributed by atoms with E-state index in [9.17, 15) is 4.79 Å². The molecule has 0 saturated carbocycles. The van der Waals surface area contributed by atoms with Crippen molar-refractivity contribution in [3.8, 4) is 17.0 Å². The highest BCUT2D eigenvalue weighted by Crippen LogP contribution is 2.33. The largest absolute Gasteiger partial charge is 0.497 e. The average Bonchev–Trinajstić information content (AvgIpc) is 3.36. The van der Waals surface area contributed by atoms with Crippen LogP contribution in [-0.2, 0) is 0 Å². The predicted octanol–water partition coefficient (Wildman–Crippen LogP) is 3.75. The van der Waals surface area contributed by atoms with Crippen LogP contribution in [0, 0.1) is 6.92 Å². The summed E-state index contributed by atoms with van der Waals surface area (Å²) in [6, 6.07) is 9.42. The second-order valence-electron chi connectivity index (χ2n) is 6.76. The maximum Gasteiger partial charge on any atom is 0.258 e. The summed E-state index contributed by atoms with van der Waals surface area (Å²) >= 11 is 0. The van der Waals surface area contributed by atoms with E-state index >= 15 is 0 Å². The van der Waals surface area contributed by atoms with Crippen LogP contribution in [0.4, 0.5) is 0 Å². The van der Waals surface area contributed by atoms with Crippen molar-refractivity contribution in [2.45, 2.75) is 32.2 Å². The number of methoxy groups -OCH3 is 1. The van der Waals surface area contributed by atoms with Gasteiger partial charge in [0, 0.05) is 18.2 Å². The molecule has 2 aromatic heterocycles. The van der Waals surface area contributed by atoms with Crippen LogP contribution < -0.4 is 4.74 Å². The van der Waals surface area contributed by atoms with Gasteiger partial charge in [0.15, 0.2) is 0 Å². The minimum absolute atomic E-state index is 0.0491. The highest BCUT2D eigenvalue weighted by molar-refractivity contribution is 6.00. The quantitative estimate of drug-likeness (QED) is 0.760. The maximum atomic E-state index is 13.4. The normalized spacial score (nSPS) is 17.1. The first-order valence-corrected chi connectivity index (χ1v) is 9.09. The lowest BCUT2D eigenvalue weighted by molar-refractivity contribution is 0.0603. The fourth-order valence-electron chi connectivity index (χ4n) is 3.63. The lowest BCUT2D eigenvalue weighted by Gasteiger charge is -2.34. The molecule has 1 amide bonds. The third-order valence-electron chi connectivity index (χ3n) is 4.98. The molecule has 1 N–H and O–H groups in total. The summed E-state index contributed by atoms with van der Waals surface area (Å²) in [5.74, 6) is 1.43. The standard InChI is InChI=1S/C20H22N4O3/c1-13-10-17(23-27-13)18-8-3-4-9-24(18)20(25)16-12-21-22-19(16)14-6-5-7-15(11-14)26-2/h5-7,10-12,18H,3-4,8-9H2,1-2H3,(H,21,22). The third-order valence-corrected chi connectivity index (χ3v) is 4.98. The number of piperidine rings is 1. The average molecular weight is 366 g/mol. The van der Waals surface area contributed by atoms with Crippen LogP contribution in [0.5, 0.6) is 5.75 Å². The van der Waals surface area contributed by atoms with E-state index in [0.29, 0.717) is 17.8 Å². The van der Waals surface area contributed by atoms with Gasteiger partial charge in [-0.2, -0.15) is 5.10 Å². The number of benzene rings is 1. The predicted molar refractivity (Wildman–Crippen MR) is 99.4 cm³/mol. The number of aromatic nitrogens is 3. The molecule has 4 rings (SSSR count). The van der Waals surface area contributed by atoms with Gasteiger partial charge in [-0.05, 0) is 38.3 Å². The number of likely N-dealkylation sites (tertiary alicyclic amines) is 1. The highest BCUT2D eigenvalue weighted by atomic mass is 16.5. The van der Waals surface area contributed by atoms with Crippen LogP contribution in [0.15, 0.2) is 41.1 Å². The smallest absolute Gasteiger partial charge is 0.258 e. The van der Waals surface area contributed by atoms with Gasteiger partial charge >= 0.3 is 0 Å². The number of nitrogens with one attached hydrogen (secondary N) is 1. The van der Waals surface area contributed by atoms with Crippen molar-refractivity contribution in [1.82, 2.24) is 20.3 Å². The number of ether oxygens (including phenoxy) is 1. The molecule has 3 heterocycles. The van der Waals surface area contributed by atoms with E-state index in [1.807, 2.05) is 42.2 Å². The van der Waals surface area contributed by atoms with Crippen LogP contribution >= 0.6 is 0 Å². The number of carbonyl (C=O) groups is 1. The van der Waals surface area contributed by atoms with Gasteiger partial charge in [0.1, 0.15) is 17.2 Å². The van der Waals surface area contributed by atoms with E-state index in [-0.39, 0.29) is 11.9 Å². The Hall–Kier alpha value is -3.09. The first kappa shape index (κ1) is 17.3. The van der Waals surface area contributed by atoms with Gasteiger partial charge < -0.3 is 14.2 Å². The van der Waals surface area contributed by atoms with Crippen molar-refractivity contribution >= 4 is 5.91 Å². The van der Waals surface area contributed by atoms with E-state index in [1.54, 1.807) is 13.3 Å². The molecule has 140 valence electrons. The monoisotopic (exact) mass is 366 g/mol. The van der Waals surface area contributed by atoms with Crippen LogP contribution in [-0.4, -0.2) is 39.8 Å². The van der Waals surface area contributed by atoms with Crippen molar-refractivity contribution in [1.29, 1.82) is 0 Å². The number of carbonyl (C=O) groups excluding carboxylic acids is 1. The molecule has 0 radical (unpaired) electrons. The number of amides is 1. The van der Waals surface area contributed by atoms with Crippen LogP contribution in [0.25, 0.3) is 11.3 Å². The Balaban J connectivity index is 1.67. The number of rotatable bonds is 4. The molecule has 7 heteroatoms. The Morgan fingerprint density at radius 2 is 2.22 bits per heavy atom. The zero-order chi connectivity index (χ0) is 18.8. The van der Waals surface area contributed by atoms with E-state index in [4.69, 9.17) is 9.26 Å². The Kier molecular flexibility index (Phi) is 4.66. The number of H-pyrrole nitrogens is 1. The molecular weight excluding hydrogens is 344 g/mol. The van der Waals surface area contributed by atoms with E-state index in [0.717, 1.165) is 42.0 Å². The molecule has 7 nitrogen and oxygen atoms in total. The molecule has 0 bridgehead atoms. The molecule has 3 aromatic rings.